The molecule has 246 valence electrons. The van der Waals surface area contributed by atoms with Crippen LogP contribution in [0.5, 0.6) is 0 Å². The number of ether oxygens (including phenoxy) is 5. The number of hydrogen-bond donors (Lipinski definition) is 1. The number of aromatic nitrogens is 1. The van der Waals surface area contributed by atoms with E-state index < -0.39 is 67.0 Å². The summed E-state index contributed by atoms with van der Waals surface area (Å²) in [5.41, 5.74) is 2.06. The largest absolute Gasteiger partial charge is 0.463 e. The second-order valence-corrected chi connectivity index (χ2v) is 12.0. The first kappa shape index (κ1) is 33.6. The normalized spacial score (nSPS) is 20.7. The quantitative estimate of drug-likeness (QED) is 0.196. The van der Waals surface area contributed by atoms with Crippen molar-refractivity contribution < 1.29 is 47.7 Å². The van der Waals surface area contributed by atoms with Gasteiger partial charge in [0.1, 0.15) is 18.8 Å². The lowest BCUT2D eigenvalue weighted by atomic mass is 9.95. The van der Waals surface area contributed by atoms with Gasteiger partial charge in [-0.05, 0) is 34.5 Å². The first-order chi connectivity index (χ1) is 22.4. The van der Waals surface area contributed by atoms with Crippen LogP contribution in [0.2, 0.25) is 0 Å². The molecule has 0 saturated carbocycles. The topological polar surface area (TPSA) is 148 Å². The molecule has 13 heteroatoms. The van der Waals surface area contributed by atoms with E-state index in [0.29, 0.717) is 11.9 Å². The van der Waals surface area contributed by atoms with Gasteiger partial charge in [-0.25, -0.2) is 0 Å². The minimum absolute atomic E-state index is 0.280. The number of carbonyl (C=O) groups excluding carboxylic acids is 5. The summed E-state index contributed by atoms with van der Waals surface area (Å²) in [6.07, 6.45) is -3.73. The van der Waals surface area contributed by atoms with Gasteiger partial charge in [0.25, 0.3) is 5.91 Å². The second-order valence-electron chi connectivity index (χ2n) is 11.1. The maximum absolute atomic E-state index is 14.1. The minimum atomic E-state index is -1.51. The van der Waals surface area contributed by atoms with Gasteiger partial charge in [-0.1, -0.05) is 58.4 Å². The molecule has 3 aromatic carbocycles. The van der Waals surface area contributed by atoms with Crippen molar-refractivity contribution >= 4 is 67.4 Å². The molecule has 0 aliphatic carbocycles. The summed E-state index contributed by atoms with van der Waals surface area (Å²) in [5.74, 6) is -3.52. The van der Waals surface area contributed by atoms with Gasteiger partial charge < -0.3 is 33.6 Å². The lowest BCUT2D eigenvalue weighted by Gasteiger charge is -2.44. The average Bonchev–Trinajstić information content (AvgIpc) is 3.35. The molecule has 1 aromatic heterocycles. The fourth-order valence-electron chi connectivity index (χ4n) is 5.66. The zero-order chi connectivity index (χ0) is 33.8. The predicted molar refractivity (Wildman–Crippen MR) is 172 cm³/mol. The van der Waals surface area contributed by atoms with Crippen LogP contribution < -0.4 is 5.32 Å². The molecule has 5 rings (SSSR count). The van der Waals surface area contributed by atoms with Crippen LogP contribution in [0.1, 0.15) is 43.6 Å². The van der Waals surface area contributed by atoms with E-state index in [4.69, 9.17) is 23.7 Å². The third-order valence-corrected chi connectivity index (χ3v) is 8.03. The van der Waals surface area contributed by atoms with Gasteiger partial charge >= 0.3 is 23.9 Å². The van der Waals surface area contributed by atoms with Crippen molar-refractivity contribution in [2.24, 2.45) is 0 Å². The van der Waals surface area contributed by atoms with Gasteiger partial charge in [0.15, 0.2) is 12.2 Å². The van der Waals surface area contributed by atoms with Gasteiger partial charge in [0.2, 0.25) is 6.29 Å². The summed E-state index contributed by atoms with van der Waals surface area (Å²) in [4.78, 5) is 62.2. The third-order valence-electron chi connectivity index (χ3n) is 7.54. The monoisotopic (exact) mass is 708 g/mol. The van der Waals surface area contributed by atoms with E-state index in [1.54, 1.807) is 12.3 Å². The molecule has 47 heavy (non-hydrogen) atoms. The first-order valence-corrected chi connectivity index (χ1v) is 15.6. The number of benzene rings is 3. The number of hydrogen-bond acceptors (Lipinski definition) is 10. The number of amides is 1. The molecular weight excluding hydrogens is 676 g/mol. The van der Waals surface area contributed by atoms with Crippen molar-refractivity contribution in [3.63, 3.8) is 0 Å². The molecule has 0 bridgehead atoms. The fourth-order valence-corrected chi connectivity index (χ4v) is 6.01. The summed E-state index contributed by atoms with van der Waals surface area (Å²) >= 11 is 3.53. The Morgan fingerprint density at radius 3 is 2.17 bits per heavy atom. The number of carbonyl (C=O) groups is 5. The highest BCUT2D eigenvalue weighted by Crippen LogP contribution is 2.30. The van der Waals surface area contributed by atoms with Gasteiger partial charge in [0.05, 0.1) is 11.1 Å². The zero-order valence-corrected chi connectivity index (χ0v) is 27.6. The molecule has 1 aliphatic heterocycles. The summed E-state index contributed by atoms with van der Waals surface area (Å²) < 4.78 is 30.2. The van der Waals surface area contributed by atoms with Gasteiger partial charge in [0, 0.05) is 50.3 Å². The van der Waals surface area contributed by atoms with Crippen LogP contribution in [-0.2, 0) is 49.4 Å². The average molecular weight is 710 g/mol. The standard InChI is InChI=1S/C34H33BrN2O10/c1-18(38)43-17-29-31(44-19(2)39)32(45-20(3)40)30(34(47-29)46-21(4)41)36-33(42)27-16-37(28-14-25(35)11-12-26(27)28)15-22-9-10-23-7-5-6-8-24(23)13-22/h5-14,16,29-32,34H,15,17H2,1-4H3,(H,36,42)/t29-,30-,31-,32-,34?/m1/s1. The fraction of sp³-hybridized carbons (Fsp3) is 0.324. The highest BCUT2D eigenvalue weighted by atomic mass is 79.9. The Labute approximate surface area is 278 Å². The van der Waals surface area contributed by atoms with E-state index in [1.807, 2.05) is 53.1 Å². The zero-order valence-electron chi connectivity index (χ0n) is 26.1. The Morgan fingerprint density at radius 1 is 0.809 bits per heavy atom. The van der Waals surface area contributed by atoms with Crippen LogP contribution in [0.4, 0.5) is 0 Å². The first-order valence-electron chi connectivity index (χ1n) is 14.8. The molecular formula is C34H33BrN2O10. The molecule has 1 N–H and O–H groups in total. The molecule has 5 atom stereocenters. The van der Waals surface area contributed by atoms with Gasteiger partial charge in [-0.2, -0.15) is 0 Å². The van der Waals surface area contributed by atoms with Crippen molar-refractivity contribution in [3.8, 4) is 0 Å². The van der Waals surface area contributed by atoms with Crippen LogP contribution >= 0.6 is 15.9 Å². The highest BCUT2D eigenvalue weighted by Gasteiger charge is 2.52. The summed E-state index contributed by atoms with van der Waals surface area (Å²) in [6.45, 7) is 4.63. The second kappa shape index (κ2) is 14.3. The maximum Gasteiger partial charge on any atom is 0.305 e. The van der Waals surface area contributed by atoms with Crippen molar-refractivity contribution in [1.29, 1.82) is 0 Å². The molecule has 1 unspecified atom stereocenters. The predicted octanol–water partition coefficient (Wildman–Crippen LogP) is 4.42. The van der Waals surface area contributed by atoms with E-state index in [-0.39, 0.29) is 5.56 Å². The van der Waals surface area contributed by atoms with E-state index in [0.717, 1.165) is 47.1 Å². The highest BCUT2D eigenvalue weighted by molar-refractivity contribution is 9.10. The molecule has 4 aromatic rings. The van der Waals surface area contributed by atoms with E-state index in [2.05, 4.69) is 27.3 Å². The van der Waals surface area contributed by atoms with Gasteiger partial charge in [-0.15, -0.1) is 0 Å². The smallest absolute Gasteiger partial charge is 0.305 e. The van der Waals surface area contributed by atoms with E-state index in [9.17, 15) is 24.0 Å². The maximum atomic E-state index is 14.1. The summed E-state index contributed by atoms with van der Waals surface area (Å²) in [5, 5.41) is 5.62. The Bertz CT molecular complexity index is 1850. The summed E-state index contributed by atoms with van der Waals surface area (Å²) in [6, 6.07) is 18.4. The van der Waals surface area contributed by atoms with Crippen molar-refractivity contribution in [2.75, 3.05) is 6.61 Å². The number of rotatable bonds is 9. The molecule has 1 saturated heterocycles. The molecule has 0 spiro atoms. The molecule has 1 aliphatic rings. The van der Waals surface area contributed by atoms with Crippen molar-refractivity contribution in [1.82, 2.24) is 9.88 Å². The van der Waals surface area contributed by atoms with E-state index >= 15 is 0 Å². The number of esters is 4. The molecule has 1 amide bonds. The lowest BCUT2D eigenvalue weighted by molar-refractivity contribution is -0.270. The Morgan fingerprint density at radius 2 is 1.49 bits per heavy atom. The molecule has 12 nitrogen and oxygen atoms in total. The van der Waals surface area contributed by atoms with Crippen molar-refractivity contribution in [3.05, 3.63) is 82.5 Å². The number of halogens is 1. The number of nitrogens with zero attached hydrogens (tertiary/aromatic N) is 1. The van der Waals surface area contributed by atoms with Crippen LogP contribution in [0.3, 0.4) is 0 Å². The van der Waals surface area contributed by atoms with Crippen LogP contribution in [0, 0.1) is 0 Å². The molecule has 2 heterocycles. The molecule has 1 fully saturated rings. The van der Waals surface area contributed by atoms with Crippen LogP contribution in [-0.4, -0.2) is 71.6 Å². The van der Waals surface area contributed by atoms with E-state index in [1.165, 1.54) is 6.92 Å². The SMILES string of the molecule is CC(=O)OC[C@H]1OC(OC(C)=O)[C@H](NC(=O)c2cn(Cc3ccc4ccccc4c3)c3cc(Br)ccc23)[C@@H](OC(C)=O)[C@@H]1OC(C)=O. The molecule has 0 radical (unpaired) electrons. The Hall–Kier alpha value is -4.75. The Balaban J connectivity index is 1.52. The van der Waals surface area contributed by atoms with Gasteiger partial charge in [-0.3, -0.25) is 24.0 Å². The number of fused-ring (bicyclic) bond motifs is 2. The lowest BCUT2D eigenvalue weighted by Crippen LogP contribution is -2.67. The summed E-state index contributed by atoms with van der Waals surface area (Å²) in [7, 11) is 0. The Kier molecular flexibility index (Phi) is 10.3. The van der Waals surface area contributed by atoms with Crippen molar-refractivity contribution in [2.45, 2.75) is 64.9 Å². The number of nitrogens with one attached hydrogen (secondary N) is 1. The third kappa shape index (κ3) is 7.98. The van der Waals surface area contributed by atoms with Crippen LogP contribution in [0.15, 0.2) is 71.3 Å². The minimum Gasteiger partial charge on any atom is -0.463 e. The van der Waals surface area contributed by atoms with Crippen LogP contribution in [0.25, 0.3) is 21.7 Å².